The summed E-state index contributed by atoms with van der Waals surface area (Å²) in [6.07, 6.45) is 0. The van der Waals surface area contributed by atoms with Crippen molar-refractivity contribution in [1.29, 1.82) is 0 Å². The predicted molar refractivity (Wildman–Crippen MR) is 51.3 cm³/mol. The minimum absolute atomic E-state index is 0.00764. The molecule has 1 heterocycles. The van der Waals surface area contributed by atoms with Crippen LogP contribution in [0, 0.1) is 0 Å². The molecule has 4 heteroatoms. The average molecular weight is 200 g/mol. The monoisotopic (exact) mass is 200 g/mol. The van der Waals surface area contributed by atoms with Crippen LogP contribution in [0.5, 0.6) is 0 Å². The van der Waals surface area contributed by atoms with Crippen LogP contribution >= 0.6 is 11.8 Å². The molecule has 0 spiro atoms. The van der Waals surface area contributed by atoms with Crippen molar-refractivity contribution in [2.45, 2.75) is 30.6 Å². The molecule has 0 fully saturated rings. The van der Waals surface area contributed by atoms with E-state index in [1.807, 2.05) is 20.8 Å². The molecule has 1 N–H and O–H groups in total. The summed E-state index contributed by atoms with van der Waals surface area (Å²) in [5.74, 6) is -1.03. The fraction of sp³-hybridized carbons (Fsp3) is 0.444. The van der Waals surface area contributed by atoms with Gasteiger partial charge in [0.2, 0.25) is 5.76 Å². The first-order valence-electron chi connectivity index (χ1n) is 3.90. The fourth-order valence-corrected chi connectivity index (χ4v) is 1.66. The second-order valence-electron chi connectivity index (χ2n) is 3.64. The number of hydrogen-bond acceptors (Lipinski definition) is 3. The Morgan fingerprint density at radius 2 is 2.08 bits per heavy atom. The van der Waals surface area contributed by atoms with Gasteiger partial charge in [0.25, 0.3) is 0 Å². The lowest BCUT2D eigenvalue weighted by molar-refractivity contribution is 0.0656. The normalized spacial score (nSPS) is 11.6. The summed E-state index contributed by atoms with van der Waals surface area (Å²) < 4.78 is 5.12. The molecule has 1 aromatic rings. The van der Waals surface area contributed by atoms with Crippen LogP contribution in [0.2, 0.25) is 0 Å². The van der Waals surface area contributed by atoms with E-state index in [-0.39, 0.29) is 10.5 Å². The van der Waals surface area contributed by atoms with E-state index in [1.54, 1.807) is 6.07 Å². The SMILES string of the molecule is CC(C)(C)Sc1ccc(C(=O)O)o1. The van der Waals surface area contributed by atoms with E-state index >= 15 is 0 Å². The summed E-state index contributed by atoms with van der Waals surface area (Å²) >= 11 is 1.51. The van der Waals surface area contributed by atoms with Gasteiger partial charge in [0.15, 0.2) is 5.09 Å². The minimum atomic E-state index is -1.03. The predicted octanol–water partition coefficient (Wildman–Crippen LogP) is 2.87. The number of thioether (sulfide) groups is 1. The second-order valence-corrected chi connectivity index (χ2v) is 5.47. The van der Waals surface area contributed by atoms with E-state index < -0.39 is 5.97 Å². The van der Waals surface area contributed by atoms with Gasteiger partial charge >= 0.3 is 5.97 Å². The Bertz CT molecular complexity index is 309. The number of hydrogen-bond donors (Lipinski definition) is 1. The third-order valence-electron chi connectivity index (χ3n) is 1.20. The van der Waals surface area contributed by atoms with Gasteiger partial charge in [-0.2, -0.15) is 0 Å². The largest absolute Gasteiger partial charge is 0.475 e. The number of carbonyl (C=O) groups is 1. The molecule has 0 amide bonds. The second kappa shape index (κ2) is 3.46. The van der Waals surface area contributed by atoms with Crippen molar-refractivity contribution < 1.29 is 14.3 Å². The van der Waals surface area contributed by atoms with E-state index in [0.717, 1.165) is 0 Å². The van der Waals surface area contributed by atoms with E-state index in [4.69, 9.17) is 9.52 Å². The van der Waals surface area contributed by atoms with Gasteiger partial charge in [0, 0.05) is 4.75 Å². The van der Waals surface area contributed by atoms with Crippen molar-refractivity contribution in [1.82, 2.24) is 0 Å². The maximum atomic E-state index is 10.5. The van der Waals surface area contributed by atoms with Crippen LogP contribution in [-0.4, -0.2) is 15.8 Å². The lowest BCUT2D eigenvalue weighted by Crippen LogP contribution is -2.05. The molecule has 0 unspecified atom stereocenters. The van der Waals surface area contributed by atoms with Crippen LogP contribution in [0.4, 0.5) is 0 Å². The van der Waals surface area contributed by atoms with E-state index in [2.05, 4.69) is 0 Å². The molecule has 3 nitrogen and oxygen atoms in total. The molecule has 1 rings (SSSR count). The highest BCUT2D eigenvalue weighted by atomic mass is 32.2. The molecular weight excluding hydrogens is 188 g/mol. The number of aromatic carboxylic acids is 1. The number of carboxylic acids is 1. The standard InChI is InChI=1S/C9H12O3S/c1-9(2,3)13-7-5-4-6(12-7)8(10)11/h4-5H,1-3H3,(H,10,11). The maximum absolute atomic E-state index is 10.5. The Hall–Kier alpha value is -0.900. The molecule has 0 radical (unpaired) electrons. The molecule has 0 saturated carbocycles. The van der Waals surface area contributed by atoms with Gasteiger partial charge in [-0.15, -0.1) is 0 Å². The fourth-order valence-electron chi connectivity index (χ4n) is 0.792. The van der Waals surface area contributed by atoms with Crippen molar-refractivity contribution in [2.75, 3.05) is 0 Å². The highest BCUT2D eigenvalue weighted by Crippen LogP contribution is 2.32. The third kappa shape index (κ3) is 3.14. The quantitative estimate of drug-likeness (QED) is 0.746. The van der Waals surface area contributed by atoms with Crippen molar-refractivity contribution in [3.05, 3.63) is 17.9 Å². The molecule has 0 aromatic carbocycles. The van der Waals surface area contributed by atoms with Crippen LogP contribution in [0.15, 0.2) is 21.6 Å². The average Bonchev–Trinajstić information content (AvgIpc) is 2.31. The molecular formula is C9H12O3S. The van der Waals surface area contributed by atoms with Crippen molar-refractivity contribution in [3.8, 4) is 0 Å². The zero-order valence-electron chi connectivity index (χ0n) is 7.83. The van der Waals surface area contributed by atoms with Gasteiger partial charge in [-0.1, -0.05) is 32.5 Å². The molecule has 13 heavy (non-hydrogen) atoms. The van der Waals surface area contributed by atoms with E-state index in [0.29, 0.717) is 5.09 Å². The van der Waals surface area contributed by atoms with Crippen LogP contribution in [0.1, 0.15) is 31.3 Å². The molecule has 1 aromatic heterocycles. The first-order chi connectivity index (χ1) is 5.88. The van der Waals surface area contributed by atoms with Crippen LogP contribution < -0.4 is 0 Å². The minimum Gasteiger partial charge on any atom is -0.475 e. The lowest BCUT2D eigenvalue weighted by Gasteiger charge is -2.14. The summed E-state index contributed by atoms with van der Waals surface area (Å²) in [5, 5.41) is 9.24. The Morgan fingerprint density at radius 1 is 1.46 bits per heavy atom. The molecule has 0 atom stereocenters. The highest BCUT2D eigenvalue weighted by Gasteiger charge is 2.16. The maximum Gasteiger partial charge on any atom is 0.371 e. The summed E-state index contributed by atoms with van der Waals surface area (Å²) in [6.45, 7) is 6.13. The van der Waals surface area contributed by atoms with Gasteiger partial charge in [-0.25, -0.2) is 4.79 Å². The number of furan rings is 1. The van der Waals surface area contributed by atoms with Gasteiger partial charge in [-0.05, 0) is 12.1 Å². The molecule has 0 saturated heterocycles. The highest BCUT2D eigenvalue weighted by molar-refractivity contribution is 8.00. The van der Waals surface area contributed by atoms with Crippen molar-refractivity contribution in [3.63, 3.8) is 0 Å². The first kappa shape index (κ1) is 10.2. The molecule has 0 aliphatic carbocycles. The zero-order chi connectivity index (χ0) is 10.1. The smallest absolute Gasteiger partial charge is 0.371 e. The van der Waals surface area contributed by atoms with Crippen molar-refractivity contribution >= 4 is 17.7 Å². The number of rotatable bonds is 2. The van der Waals surface area contributed by atoms with Gasteiger partial charge in [-0.3, -0.25) is 0 Å². The molecule has 72 valence electrons. The summed E-state index contributed by atoms with van der Waals surface area (Å²) in [7, 11) is 0. The Kier molecular flexibility index (Phi) is 2.71. The van der Waals surface area contributed by atoms with Crippen LogP contribution in [0.3, 0.4) is 0 Å². The summed E-state index contributed by atoms with van der Waals surface area (Å²) in [4.78, 5) is 10.5. The summed E-state index contributed by atoms with van der Waals surface area (Å²) in [6, 6.07) is 3.15. The van der Waals surface area contributed by atoms with Crippen LogP contribution in [-0.2, 0) is 0 Å². The van der Waals surface area contributed by atoms with Crippen molar-refractivity contribution in [2.24, 2.45) is 0 Å². The Balaban J connectivity index is 2.75. The van der Waals surface area contributed by atoms with Gasteiger partial charge < -0.3 is 9.52 Å². The number of carboxylic acid groups (broad SMARTS) is 1. The van der Waals surface area contributed by atoms with Crippen LogP contribution in [0.25, 0.3) is 0 Å². The van der Waals surface area contributed by atoms with Gasteiger partial charge in [0.05, 0.1) is 0 Å². The summed E-state index contributed by atoms with van der Waals surface area (Å²) in [5.41, 5.74) is 0. The topological polar surface area (TPSA) is 50.4 Å². The van der Waals surface area contributed by atoms with Gasteiger partial charge in [0.1, 0.15) is 0 Å². The molecule has 0 bridgehead atoms. The Morgan fingerprint density at radius 3 is 2.46 bits per heavy atom. The van der Waals surface area contributed by atoms with E-state index in [1.165, 1.54) is 17.8 Å². The molecule has 0 aliphatic rings. The van der Waals surface area contributed by atoms with E-state index in [9.17, 15) is 4.79 Å². The molecule has 0 aliphatic heterocycles. The Labute approximate surface area is 81.1 Å². The lowest BCUT2D eigenvalue weighted by atomic mass is 10.3. The third-order valence-corrected chi connectivity index (χ3v) is 2.23. The zero-order valence-corrected chi connectivity index (χ0v) is 8.64. The first-order valence-corrected chi connectivity index (χ1v) is 4.72.